The van der Waals surface area contributed by atoms with Crippen molar-refractivity contribution < 1.29 is 14.5 Å². The van der Waals surface area contributed by atoms with Gasteiger partial charge in [-0.3, -0.25) is 0 Å². The summed E-state index contributed by atoms with van der Waals surface area (Å²) in [5, 5.41) is 9.60. The lowest BCUT2D eigenvalue weighted by molar-refractivity contribution is -1.02. The van der Waals surface area contributed by atoms with Crippen molar-refractivity contribution in [1.29, 1.82) is 5.26 Å². The molecule has 0 amide bonds. The van der Waals surface area contributed by atoms with Crippen LogP contribution in [0.5, 0.6) is 5.75 Å². The Bertz CT molecular complexity index is 701. The third kappa shape index (κ3) is 5.47. The SMILES string of the molecule is N#Cc1ccc(C[NH+]2CC[NH+](CCOc3ccc(Cl)cc3)CC2)cc1. The largest absolute Gasteiger partial charge is 0.488 e. The van der Waals surface area contributed by atoms with Gasteiger partial charge in [0.1, 0.15) is 51.6 Å². The van der Waals surface area contributed by atoms with E-state index in [-0.39, 0.29) is 0 Å². The van der Waals surface area contributed by atoms with E-state index in [2.05, 4.69) is 18.2 Å². The Morgan fingerprint density at radius 1 is 0.920 bits per heavy atom. The van der Waals surface area contributed by atoms with Crippen LogP contribution in [0.1, 0.15) is 11.1 Å². The monoisotopic (exact) mass is 357 g/mol. The lowest BCUT2D eigenvalue weighted by atomic mass is 10.1. The Morgan fingerprint density at radius 2 is 1.56 bits per heavy atom. The number of ether oxygens (including phenoxy) is 1. The lowest BCUT2D eigenvalue weighted by Crippen LogP contribution is -3.27. The van der Waals surface area contributed by atoms with Gasteiger partial charge in [0, 0.05) is 10.6 Å². The van der Waals surface area contributed by atoms with E-state index in [1.807, 2.05) is 36.4 Å². The molecule has 3 rings (SSSR count). The number of benzene rings is 2. The molecular formula is C20H24ClN3O+2. The molecule has 1 aliphatic heterocycles. The fourth-order valence-corrected chi connectivity index (χ4v) is 3.34. The number of hydrogen-bond acceptors (Lipinski definition) is 2. The van der Waals surface area contributed by atoms with Crippen molar-refractivity contribution in [2.75, 3.05) is 39.3 Å². The summed E-state index contributed by atoms with van der Waals surface area (Å²) in [6.07, 6.45) is 0. The summed E-state index contributed by atoms with van der Waals surface area (Å²) >= 11 is 5.88. The van der Waals surface area contributed by atoms with Gasteiger partial charge < -0.3 is 14.5 Å². The first kappa shape index (κ1) is 17.8. The maximum absolute atomic E-state index is 8.86. The summed E-state index contributed by atoms with van der Waals surface area (Å²) in [6, 6.07) is 17.7. The van der Waals surface area contributed by atoms with Crippen molar-refractivity contribution in [2.24, 2.45) is 0 Å². The normalized spacial score (nSPS) is 20.0. The highest BCUT2D eigenvalue weighted by atomic mass is 35.5. The summed E-state index contributed by atoms with van der Waals surface area (Å²) in [6.45, 7) is 7.52. The van der Waals surface area contributed by atoms with Gasteiger partial charge in [0.05, 0.1) is 11.6 Å². The molecule has 130 valence electrons. The van der Waals surface area contributed by atoms with Crippen LogP contribution >= 0.6 is 11.6 Å². The number of nitrogens with zero attached hydrogens (tertiary/aromatic N) is 1. The Balaban J connectivity index is 1.36. The summed E-state index contributed by atoms with van der Waals surface area (Å²) in [5.74, 6) is 0.883. The number of nitriles is 1. The molecule has 0 aromatic heterocycles. The Kier molecular flexibility index (Phi) is 6.30. The van der Waals surface area contributed by atoms with Crippen molar-refractivity contribution in [1.82, 2.24) is 0 Å². The zero-order valence-electron chi connectivity index (χ0n) is 14.3. The third-order valence-corrected chi connectivity index (χ3v) is 4.99. The van der Waals surface area contributed by atoms with Crippen LogP contribution in [-0.4, -0.2) is 39.3 Å². The predicted molar refractivity (Wildman–Crippen MR) is 98.1 cm³/mol. The molecule has 1 heterocycles. The van der Waals surface area contributed by atoms with Gasteiger partial charge in [-0.25, -0.2) is 0 Å². The number of hydrogen-bond donors (Lipinski definition) is 2. The van der Waals surface area contributed by atoms with Crippen LogP contribution in [0.15, 0.2) is 48.5 Å². The average molecular weight is 358 g/mol. The fourth-order valence-electron chi connectivity index (χ4n) is 3.21. The second-order valence-electron chi connectivity index (χ2n) is 6.54. The highest BCUT2D eigenvalue weighted by Crippen LogP contribution is 2.14. The van der Waals surface area contributed by atoms with E-state index in [4.69, 9.17) is 21.6 Å². The van der Waals surface area contributed by atoms with Crippen molar-refractivity contribution in [2.45, 2.75) is 6.54 Å². The van der Waals surface area contributed by atoms with E-state index in [0.29, 0.717) is 0 Å². The Labute approximate surface area is 154 Å². The van der Waals surface area contributed by atoms with Crippen LogP contribution in [0.4, 0.5) is 0 Å². The van der Waals surface area contributed by atoms with Crippen LogP contribution in [-0.2, 0) is 6.54 Å². The highest BCUT2D eigenvalue weighted by Gasteiger charge is 2.22. The standard InChI is InChI=1S/C20H22ClN3O/c21-19-5-7-20(8-6-19)25-14-13-23-9-11-24(12-10-23)16-18-3-1-17(15-22)2-4-18/h1-8H,9-14,16H2/p+2. The molecule has 1 saturated heterocycles. The number of halogens is 1. The van der Waals surface area contributed by atoms with Crippen LogP contribution in [0.2, 0.25) is 5.02 Å². The van der Waals surface area contributed by atoms with Crippen molar-refractivity contribution in [3.63, 3.8) is 0 Å². The van der Waals surface area contributed by atoms with Crippen LogP contribution in [0.25, 0.3) is 0 Å². The smallest absolute Gasteiger partial charge is 0.137 e. The van der Waals surface area contributed by atoms with Crippen LogP contribution < -0.4 is 14.5 Å². The number of rotatable bonds is 6. The highest BCUT2D eigenvalue weighted by molar-refractivity contribution is 6.30. The molecule has 0 saturated carbocycles. The van der Waals surface area contributed by atoms with Gasteiger partial charge >= 0.3 is 0 Å². The van der Waals surface area contributed by atoms with E-state index in [9.17, 15) is 0 Å². The topological polar surface area (TPSA) is 41.9 Å². The van der Waals surface area contributed by atoms with Gasteiger partial charge in [-0.1, -0.05) is 23.7 Å². The van der Waals surface area contributed by atoms with E-state index >= 15 is 0 Å². The number of nitrogens with one attached hydrogen (secondary N) is 2. The number of piperazine rings is 1. The summed E-state index contributed by atoms with van der Waals surface area (Å²) in [7, 11) is 0. The molecule has 2 aromatic carbocycles. The minimum Gasteiger partial charge on any atom is -0.488 e. The molecule has 5 heteroatoms. The molecular weight excluding hydrogens is 334 g/mol. The molecule has 0 atom stereocenters. The van der Waals surface area contributed by atoms with Gasteiger partial charge in [0.2, 0.25) is 0 Å². The quantitative estimate of drug-likeness (QED) is 0.794. The molecule has 1 aliphatic rings. The van der Waals surface area contributed by atoms with Crippen LogP contribution in [0.3, 0.4) is 0 Å². The molecule has 2 aromatic rings. The van der Waals surface area contributed by atoms with Gasteiger partial charge in [0.25, 0.3) is 0 Å². The first-order chi connectivity index (χ1) is 12.2. The van der Waals surface area contributed by atoms with E-state index < -0.39 is 0 Å². The zero-order valence-corrected chi connectivity index (χ0v) is 15.1. The fraction of sp³-hybridized carbons (Fsp3) is 0.350. The zero-order chi connectivity index (χ0) is 17.5. The van der Waals surface area contributed by atoms with Crippen molar-refractivity contribution in [3.05, 3.63) is 64.7 Å². The Hall–Kier alpha value is -2.06. The van der Waals surface area contributed by atoms with Gasteiger partial charge in [-0.15, -0.1) is 0 Å². The molecule has 0 bridgehead atoms. The molecule has 0 unspecified atom stereocenters. The molecule has 25 heavy (non-hydrogen) atoms. The molecule has 0 spiro atoms. The van der Waals surface area contributed by atoms with Crippen molar-refractivity contribution in [3.8, 4) is 11.8 Å². The first-order valence-electron chi connectivity index (χ1n) is 8.77. The number of quaternary nitrogens is 2. The molecule has 4 nitrogen and oxygen atoms in total. The lowest BCUT2D eigenvalue weighted by Gasteiger charge is -2.29. The van der Waals surface area contributed by atoms with Crippen LogP contribution in [0, 0.1) is 11.3 Å². The summed E-state index contributed by atoms with van der Waals surface area (Å²) in [4.78, 5) is 3.23. The third-order valence-electron chi connectivity index (χ3n) is 4.74. The molecule has 0 radical (unpaired) electrons. The minimum atomic E-state index is 0.730. The van der Waals surface area contributed by atoms with E-state index in [1.54, 1.807) is 9.80 Å². The summed E-state index contributed by atoms with van der Waals surface area (Å²) in [5.41, 5.74) is 2.04. The average Bonchev–Trinajstić information content (AvgIpc) is 2.65. The summed E-state index contributed by atoms with van der Waals surface area (Å²) < 4.78 is 5.80. The van der Waals surface area contributed by atoms with Gasteiger partial charge in [-0.2, -0.15) is 5.26 Å². The van der Waals surface area contributed by atoms with E-state index in [0.717, 1.165) is 36.0 Å². The molecule has 0 aliphatic carbocycles. The van der Waals surface area contributed by atoms with Crippen molar-refractivity contribution >= 4 is 11.6 Å². The first-order valence-corrected chi connectivity index (χ1v) is 9.15. The predicted octanol–water partition coefficient (Wildman–Crippen LogP) is 0.574. The van der Waals surface area contributed by atoms with E-state index in [1.165, 1.54) is 31.7 Å². The maximum atomic E-state index is 8.86. The second kappa shape index (κ2) is 8.87. The van der Waals surface area contributed by atoms with Gasteiger partial charge in [0.15, 0.2) is 0 Å². The maximum Gasteiger partial charge on any atom is 0.137 e. The van der Waals surface area contributed by atoms with Gasteiger partial charge in [-0.05, 0) is 36.4 Å². The minimum absolute atomic E-state index is 0.730. The molecule has 2 N–H and O–H groups in total. The molecule has 1 fully saturated rings. The Morgan fingerprint density at radius 3 is 2.20 bits per heavy atom. The second-order valence-corrected chi connectivity index (χ2v) is 6.97.